The summed E-state index contributed by atoms with van der Waals surface area (Å²) in [6.07, 6.45) is 4.71. The average Bonchev–Trinajstić information content (AvgIpc) is 2.99. The van der Waals surface area contributed by atoms with Crippen LogP contribution in [0.2, 0.25) is 0 Å². The van der Waals surface area contributed by atoms with Gasteiger partial charge >= 0.3 is 0 Å². The van der Waals surface area contributed by atoms with Crippen molar-refractivity contribution in [3.8, 4) is 0 Å². The Morgan fingerprint density at radius 3 is 2.31 bits per heavy atom. The summed E-state index contributed by atoms with van der Waals surface area (Å²) in [6, 6.07) is 2.02. The van der Waals surface area contributed by atoms with Crippen LogP contribution in [-0.2, 0) is 11.3 Å². The van der Waals surface area contributed by atoms with Crippen molar-refractivity contribution < 1.29 is 4.79 Å². The molecule has 6 heteroatoms. The van der Waals surface area contributed by atoms with E-state index < -0.39 is 0 Å². The van der Waals surface area contributed by atoms with Gasteiger partial charge in [-0.25, -0.2) is 4.98 Å². The molecule has 2 aliphatic heterocycles. The van der Waals surface area contributed by atoms with Gasteiger partial charge in [0.2, 0.25) is 5.91 Å². The molecule has 0 spiro atoms. The Kier molecular flexibility index (Phi) is 5.80. The number of likely N-dealkylation sites (tertiary alicyclic amines) is 2. The van der Waals surface area contributed by atoms with E-state index in [1.54, 1.807) is 17.0 Å². The Bertz CT molecular complexity index is 689. The van der Waals surface area contributed by atoms with E-state index >= 15 is 0 Å². The van der Waals surface area contributed by atoms with Gasteiger partial charge in [-0.05, 0) is 58.0 Å². The molecule has 2 fully saturated rings. The third-order valence-electron chi connectivity index (χ3n) is 5.87. The third-order valence-corrected chi connectivity index (χ3v) is 5.87. The van der Waals surface area contributed by atoms with Gasteiger partial charge in [-0.1, -0.05) is 13.8 Å². The molecule has 2 saturated heterocycles. The molecule has 6 nitrogen and oxygen atoms in total. The number of piperidine rings is 1. The van der Waals surface area contributed by atoms with Gasteiger partial charge in [0.25, 0.3) is 5.56 Å². The van der Waals surface area contributed by atoms with E-state index in [0.29, 0.717) is 17.9 Å². The molecule has 0 bridgehead atoms. The lowest BCUT2D eigenvalue weighted by Gasteiger charge is -2.35. The maximum absolute atomic E-state index is 12.6. The molecule has 1 amide bonds. The Balaban J connectivity index is 1.55. The molecule has 0 radical (unpaired) electrons. The number of carbonyl (C=O) groups is 1. The van der Waals surface area contributed by atoms with Gasteiger partial charge in [0.05, 0.1) is 18.1 Å². The molecule has 3 heterocycles. The lowest BCUT2D eigenvalue weighted by Crippen LogP contribution is -2.47. The predicted molar refractivity (Wildman–Crippen MR) is 102 cm³/mol. The number of amides is 1. The van der Waals surface area contributed by atoms with Crippen molar-refractivity contribution in [2.75, 3.05) is 19.6 Å². The van der Waals surface area contributed by atoms with Crippen LogP contribution in [0.15, 0.2) is 17.2 Å². The summed E-state index contributed by atoms with van der Waals surface area (Å²) >= 11 is 0. The maximum Gasteiger partial charge on any atom is 0.253 e. The first kappa shape index (κ1) is 19.1. The standard InChI is InChI=1S/C20H32N4O2/c1-14(2)17-11-19(25)23(13-21-17)12-16-5-8-22(9-6-16)18-7-10-24(15(3)4)20(18)26/h11,13-16,18H,5-10,12H2,1-4H3. The van der Waals surface area contributed by atoms with Crippen molar-refractivity contribution in [1.29, 1.82) is 0 Å². The Labute approximate surface area is 156 Å². The molecular weight excluding hydrogens is 328 g/mol. The molecule has 0 aliphatic carbocycles. The minimum atomic E-state index is 0.0460. The lowest BCUT2D eigenvalue weighted by atomic mass is 9.95. The number of rotatable bonds is 5. The fourth-order valence-electron chi connectivity index (χ4n) is 4.16. The summed E-state index contributed by atoms with van der Waals surface area (Å²) in [5, 5.41) is 0. The highest BCUT2D eigenvalue weighted by Crippen LogP contribution is 2.26. The summed E-state index contributed by atoms with van der Waals surface area (Å²) in [7, 11) is 0. The van der Waals surface area contributed by atoms with Gasteiger partial charge in [0.15, 0.2) is 0 Å². The van der Waals surface area contributed by atoms with E-state index in [1.807, 2.05) is 18.7 Å². The molecule has 1 aromatic heterocycles. The molecule has 0 aromatic carbocycles. The Morgan fingerprint density at radius 1 is 1.08 bits per heavy atom. The molecule has 1 aromatic rings. The van der Waals surface area contributed by atoms with E-state index in [1.165, 1.54) is 0 Å². The van der Waals surface area contributed by atoms with E-state index in [9.17, 15) is 9.59 Å². The fourth-order valence-corrected chi connectivity index (χ4v) is 4.16. The summed E-state index contributed by atoms with van der Waals surface area (Å²) in [5.74, 6) is 1.05. The monoisotopic (exact) mass is 360 g/mol. The molecule has 3 rings (SSSR count). The second-order valence-electron chi connectivity index (χ2n) is 8.37. The maximum atomic E-state index is 12.6. The predicted octanol–water partition coefficient (Wildman–Crippen LogP) is 2.09. The van der Waals surface area contributed by atoms with Gasteiger partial charge in [-0.15, -0.1) is 0 Å². The van der Waals surface area contributed by atoms with Crippen molar-refractivity contribution in [2.45, 2.75) is 71.5 Å². The van der Waals surface area contributed by atoms with Crippen LogP contribution in [0.5, 0.6) is 0 Å². The summed E-state index contributed by atoms with van der Waals surface area (Å²) in [5.41, 5.74) is 0.903. The molecule has 26 heavy (non-hydrogen) atoms. The number of hydrogen-bond acceptors (Lipinski definition) is 4. The zero-order chi connectivity index (χ0) is 18.8. The van der Waals surface area contributed by atoms with Crippen LogP contribution in [0.1, 0.15) is 58.6 Å². The van der Waals surface area contributed by atoms with E-state index in [4.69, 9.17) is 0 Å². The first-order chi connectivity index (χ1) is 12.4. The fraction of sp³-hybridized carbons (Fsp3) is 0.750. The smallest absolute Gasteiger partial charge is 0.253 e. The van der Waals surface area contributed by atoms with Crippen molar-refractivity contribution in [1.82, 2.24) is 19.4 Å². The van der Waals surface area contributed by atoms with E-state index in [0.717, 1.165) is 51.1 Å². The zero-order valence-corrected chi connectivity index (χ0v) is 16.5. The molecule has 2 aliphatic rings. The van der Waals surface area contributed by atoms with Crippen molar-refractivity contribution >= 4 is 5.91 Å². The Morgan fingerprint density at radius 2 is 1.77 bits per heavy atom. The summed E-state index contributed by atoms with van der Waals surface area (Å²) in [4.78, 5) is 33.6. The van der Waals surface area contributed by atoms with Crippen LogP contribution in [-0.4, -0.2) is 57.0 Å². The molecular formula is C20H32N4O2. The first-order valence-corrected chi connectivity index (χ1v) is 9.97. The number of nitrogens with zero attached hydrogens (tertiary/aromatic N) is 4. The second kappa shape index (κ2) is 7.91. The van der Waals surface area contributed by atoms with Crippen LogP contribution in [0.3, 0.4) is 0 Å². The number of carbonyl (C=O) groups excluding carboxylic acids is 1. The molecule has 0 saturated carbocycles. The van der Waals surface area contributed by atoms with Crippen molar-refractivity contribution in [3.63, 3.8) is 0 Å². The molecule has 1 unspecified atom stereocenters. The minimum Gasteiger partial charge on any atom is -0.339 e. The quantitative estimate of drug-likeness (QED) is 0.807. The van der Waals surface area contributed by atoms with Crippen LogP contribution < -0.4 is 5.56 Å². The highest BCUT2D eigenvalue weighted by molar-refractivity contribution is 5.84. The van der Waals surface area contributed by atoms with Crippen LogP contribution in [0.4, 0.5) is 0 Å². The molecule has 1 atom stereocenters. The van der Waals surface area contributed by atoms with Crippen molar-refractivity contribution in [3.05, 3.63) is 28.4 Å². The van der Waals surface area contributed by atoms with Crippen LogP contribution in [0, 0.1) is 5.92 Å². The van der Waals surface area contributed by atoms with Gasteiger partial charge in [0, 0.05) is 25.2 Å². The van der Waals surface area contributed by atoms with Gasteiger partial charge < -0.3 is 4.90 Å². The minimum absolute atomic E-state index is 0.0460. The topological polar surface area (TPSA) is 58.4 Å². The first-order valence-electron chi connectivity index (χ1n) is 9.97. The van der Waals surface area contributed by atoms with E-state index in [-0.39, 0.29) is 17.5 Å². The lowest BCUT2D eigenvalue weighted by molar-refractivity contribution is -0.134. The normalized spacial score (nSPS) is 22.8. The van der Waals surface area contributed by atoms with Gasteiger partial charge in [-0.3, -0.25) is 19.1 Å². The third kappa shape index (κ3) is 4.00. The molecule has 144 valence electrons. The van der Waals surface area contributed by atoms with Gasteiger partial charge in [-0.2, -0.15) is 0 Å². The van der Waals surface area contributed by atoms with E-state index in [2.05, 4.69) is 23.7 Å². The average molecular weight is 361 g/mol. The largest absolute Gasteiger partial charge is 0.339 e. The second-order valence-corrected chi connectivity index (χ2v) is 8.37. The number of hydrogen-bond donors (Lipinski definition) is 0. The van der Waals surface area contributed by atoms with Crippen molar-refractivity contribution in [2.24, 2.45) is 5.92 Å². The Hall–Kier alpha value is -1.69. The van der Waals surface area contributed by atoms with Crippen LogP contribution in [0.25, 0.3) is 0 Å². The highest BCUT2D eigenvalue weighted by Gasteiger charge is 2.38. The molecule has 0 N–H and O–H groups in total. The zero-order valence-electron chi connectivity index (χ0n) is 16.5. The number of aromatic nitrogens is 2. The van der Waals surface area contributed by atoms with Gasteiger partial charge in [0.1, 0.15) is 0 Å². The van der Waals surface area contributed by atoms with Crippen LogP contribution >= 0.6 is 0 Å². The SMILES string of the molecule is CC(C)c1cc(=O)n(CC2CCN(C3CCN(C(C)C)C3=O)CC2)cn1. The summed E-state index contributed by atoms with van der Waals surface area (Å²) in [6.45, 7) is 11.8. The highest BCUT2D eigenvalue weighted by atomic mass is 16.2. The summed E-state index contributed by atoms with van der Waals surface area (Å²) < 4.78 is 1.74.